The van der Waals surface area contributed by atoms with Gasteiger partial charge in [-0.05, 0) is 47.9 Å². The van der Waals surface area contributed by atoms with Crippen molar-refractivity contribution in [2.24, 2.45) is 4.99 Å². The number of aryl methyl sites for hydroxylation is 1. The molecule has 2 aromatic rings. The monoisotopic (exact) mass is 341 g/mol. The second-order valence-electron chi connectivity index (χ2n) is 5.33. The largest absolute Gasteiger partial charge is 0.497 e. The number of hydrogen-bond acceptors (Lipinski definition) is 4. The van der Waals surface area contributed by atoms with E-state index in [0.717, 1.165) is 16.9 Å². The maximum Gasteiger partial charge on any atom is 0.363 e. The highest BCUT2D eigenvalue weighted by Gasteiger charge is 2.22. The molecule has 0 saturated heterocycles. The molecular formula is C19H16ClNO3. The van der Waals surface area contributed by atoms with Crippen LogP contribution in [0.15, 0.2) is 59.2 Å². The highest BCUT2D eigenvalue weighted by atomic mass is 35.5. The Morgan fingerprint density at radius 2 is 1.96 bits per heavy atom. The zero-order valence-electron chi connectivity index (χ0n) is 13.2. The van der Waals surface area contributed by atoms with Gasteiger partial charge >= 0.3 is 5.97 Å². The lowest BCUT2D eigenvalue weighted by Gasteiger charge is -2.01. The summed E-state index contributed by atoms with van der Waals surface area (Å²) in [6.07, 6.45) is 2.96. The Morgan fingerprint density at radius 1 is 1.17 bits per heavy atom. The molecule has 0 bridgehead atoms. The summed E-state index contributed by atoms with van der Waals surface area (Å²) in [6, 6.07) is 15.0. The van der Waals surface area contributed by atoms with Crippen LogP contribution in [0.4, 0.5) is 0 Å². The predicted octanol–water partition coefficient (Wildman–Crippen LogP) is 4.28. The lowest BCUT2D eigenvalue weighted by Crippen LogP contribution is -2.05. The summed E-state index contributed by atoms with van der Waals surface area (Å²) in [5.41, 5.74) is 2.25. The molecule has 0 atom stereocenters. The lowest BCUT2D eigenvalue weighted by atomic mass is 10.1. The average molecular weight is 342 g/mol. The number of methoxy groups -OCH3 is 1. The number of nitrogens with zero attached hydrogens (tertiary/aromatic N) is 1. The van der Waals surface area contributed by atoms with Crippen molar-refractivity contribution in [3.05, 3.63) is 70.4 Å². The van der Waals surface area contributed by atoms with Crippen LogP contribution in [0, 0.1) is 0 Å². The first kappa shape index (κ1) is 16.3. The van der Waals surface area contributed by atoms with Crippen LogP contribution in [0.2, 0.25) is 5.02 Å². The molecule has 2 aromatic carbocycles. The van der Waals surface area contributed by atoms with Crippen molar-refractivity contribution in [1.82, 2.24) is 0 Å². The van der Waals surface area contributed by atoms with Gasteiger partial charge in [-0.3, -0.25) is 0 Å². The standard InChI is InChI=1S/C19H16ClNO3/c1-23-16-8-5-14(6-9-16)12-17-19(22)24-18(21-17)10-7-13-3-2-4-15(20)11-13/h2-6,8-9,11-12H,7,10H2,1H3/b17-12+. The van der Waals surface area contributed by atoms with Crippen LogP contribution in [0.1, 0.15) is 17.5 Å². The van der Waals surface area contributed by atoms with E-state index in [-0.39, 0.29) is 0 Å². The minimum atomic E-state index is -0.424. The number of ether oxygens (including phenoxy) is 2. The Labute approximate surface area is 145 Å². The summed E-state index contributed by atoms with van der Waals surface area (Å²) in [5, 5.41) is 0.693. The Bertz CT molecular complexity index is 810. The molecule has 0 unspecified atom stereocenters. The van der Waals surface area contributed by atoms with Crippen molar-refractivity contribution in [2.75, 3.05) is 7.11 Å². The van der Waals surface area contributed by atoms with E-state index in [9.17, 15) is 4.79 Å². The molecule has 1 heterocycles. The van der Waals surface area contributed by atoms with Gasteiger partial charge in [0, 0.05) is 11.4 Å². The fourth-order valence-electron chi connectivity index (χ4n) is 2.36. The third-order valence-electron chi connectivity index (χ3n) is 3.60. The Balaban J connectivity index is 1.69. The molecule has 24 heavy (non-hydrogen) atoms. The van der Waals surface area contributed by atoms with Gasteiger partial charge in [0.05, 0.1) is 7.11 Å². The molecule has 0 aromatic heterocycles. The quantitative estimate of drug-likeness (QED) is 0.602. The van der Waals surface area contributed by atoms with Crippen LogP contribution < -0.4 is 4.74 Å². The Morgan fingerprint density at radius 3 is 2.67 bits per heavy atom. The number of rotatable bonds is 5. The number of halogens is 1. The van der Waals surface area contributed by atoms with E-state index in [1.165, 1.54) is 0 Å². The maximum absolute atomic E-state index is 11.9. The number of aliphatic imine (C=N–C) groups is 1. The molecule has 0 N–H and O–H groups in total. The average Bonchev–Trinajstić information content (AvgIpc) is 2.94. The first-order valence-corrected chi connectivity index (χ1v) is 7.92. The molecule has 0 saturated carbocycles. The zero-order valence-corrected chi connectivity index (χ0v) is 13.9. The second kappa shape index (κ2) is 7.32. The smallest absolute Gasteiger partial charge is 0.363 e. The molecule has 0 amide bonds. The minimum Gasteiger partial charge on any atom is -0.497 e. The zero-order chi connectivity index (χ0) is 16.9. The van der Waals surface area contributed by atoms with Crippen molar-refractivity contribution >= 4 is 29.5 Å². The van der Waals surface area contributed by atoms with Gasteiger partial charge in [0.2, 0.25) is 0 Å². The first-order chi connectivity index (χ1) is 11.6. The van der Waals surface area contributed by atoms with E-state index >= 15 is 0 Å². The van der Waals surface area contributed by atoms with Crippen molar-refractivity contribution in [3.8, 4) is 5.75 Å². The topological polar surface area (TPSA) is 47.9 Å². The van der Waals surface area contributed by atoms with Gasteiger partial charge in [0.15, 0.2) is 11.6 Å². The van der Waals surface area contributed by atoms with Gasteiger partial charge in [-0.1, -0.05) is 35.9 Å². The molecule has 122 valence electrons. The van der Waals surface area contributed by atoms with Crippen LogP contribution >= 0.6 is 11.6 Å². The van der Waals surface area contributed by atoms with Crippen molar-refractivity contribution in [3.63, 3.8) is 0 Å². The summed E-state index contributed by atoms with van der Waals surface area (Å²) in [4.78, 5) is 16.2. The van der Waals surface area contributed by atoms with Gasteiger partial charge in [-0.15, -0.1) is 0 Å². The second-order valence-corrected chi connectivity index (χ2v) is 5.76. The van der Waals surface area contributed by atoms with Gasteiger partial charge in [0.1, 0.15) is 5.75 Å². The van der Waals surface area contributed by atoms with Gasteiger partial charge < -0.3 is 9.47 Å². The number of cyclic esters (lactones) is 1. The summed E-state index contributed by atoms with van der Waals surface area (Å²) in [5.74, 6) is 0.767. The van der Waals surface area contributed by atoms with Crippen LogP contribution in [0.5, 0.6) is 5.75 Å². The van der Waals surface area contributed by atoms with E-state index < -0.39 is 5.97 Å². The highest BCUT2D eigenvalue weighted by Crippen LogP contribution is 2.20. The van der Waals surface area contributed by atoms with E-state index in [4.69, 9.17) is 21.1 Å². The SMILES string of the molecule is COc1ccc(/C=C2/N=C(CCc3cccc(Cl)c3)OC2=O)cc1. The molecule has 1 aliphatic heterocycles. The summed E-state index contributed by atoms with van der Waals surface area (Å²) < 4.78 is 10.3. The number of carbonyl (C=O) groups is 1. The van der Waals surface area contributed by atoms with E-state index in [1.54, 1.807) is 13.2 Å². The van der Waals surface area contributed by atoms with Crippen LogP contribution in [0.3, 0.4) is 0 Å². The normalized spacial score (nSPS) is 15.3. The molecule has 0 fully saturated rings. The summed E-state index contributed by atoms with van der Waals surface area (Å²) in [6.45, 7) is 0. The fraction of sp³-hybridized carbons (Fsp3) is 0.158. The van der Waals surface area contributed by atoms with Gasteiger partial charge in [0.25, 0.3) is 0 Å². The van der Waals surface area contributed by atoms with E-state index in [0.29, 0.717) is 29.5 Å². The minimum absolute atomic E-state index is 0.307. The summed E-state index contributed by atoms with van der Waals surface area (Å²) in [7, 11) is 1.61. The molecule has 5 heteroatoms. The van der Waals surface area contributed by atoms with Crippen LogP contribution in [-0.4, -0.2) is 19.0 Å². The van der Waals surface area contributed by atoms with E-state index in [2.05, 4.69) is 4.99 Å². The van der Waals surface area contributed by atoms with Crippen molar-refractivity contribution < 1.29 is 14.3 Å². The number of benzene rings is 2. The number of esters is 1. The molecular weight excluding hydrogens is 326 g/mol. The van der Waals surface area contributed by atoms with Gasteiger partial charge in [-0.25, -0.2) is 9.79 Å². The molecule has 1 aliphatic rings. The maximum atomic E-state index is 11.9. The summed E-state index contributed by atoms with van der Waals surface area (Å²) >= 11 is 5.96. The predicted molar refractivity (Wildman–Crippen MR) is 94.3 cm³/mol. The number of carbonyl (C=O) groups excluding carboxylic acids is 1. The van der Waals surface area contributed by atoms with E-state index in [1.807, 2.05) is 48.5 Å². The Hall–Kier alpha value is -2.59. The molecule has 0 radical (unpaired) electrons. The lowest BCUT2D eigenvalue weighted by molar-refractivity contribution is -0.130. The fourth-order valence-corrected chi connectivity index (χ4v) is 2.57. The molecule has 0 spiro atoms. The van der Waals surface area contributed by atoms with Crippen LogP contribution in [-0.2, 0) is 16.0 Å². The van der Waals surface area contributed by atoms with Crippen molar-refractivity contribution in [2.45, 2.75) is 12.8 Å². The highest BCUT2D eigenvalue weighted by molar-refractivity contribution is 6.30. The van der Waals surface area contributed by atoms with Crippen LogP contribution in [0.25, 0.3) is 6.08 Å². The third-order valence-corrected chi connectivity index (χ3v) is 3.84. The van der Waals surface area contributed by atoms with Crippen molar-refractivity contribution in [1.29, 1.82) is 0 Å². The number of hydrogen-bond donors (Lipinski definition) is 0. The van der Waals surface area contributed by atoms with Gasteiger partial charge in [-0.2, -0.15) is 0 Å². The first-order valence-electron chi connectivity index (χ1n) is 7.54. The molecule has 3 rings (SSSR count). The Kier molecular flexibility index (Phi) is 4.96. The molecule has 0 aliphatic carbocycles. The molecule has 4 nitrogen and oxygen atoms in total. The third kappa shape index (κ3) is 4.03.